The highest BCUT2D eigenvalue weighted by Gasteiger charge is 2.21. The third-order valence-corrected chi connectivity index (χ3v) is 7.50. The van der Waals surface area contributed by atoms with Crippen LogP contribution in [0, 0.1) is 26.6 Å². The second-order valence-electron chi connectivity index (χ2n) is 10.5. The third-order valence-electron chi connectivity index (χ3n) is 7.28. The molecule has 0 saturated carbocycles. The first-order chi connectivity index (χ1) is 21.0. The number of aryl methyl sites for hydroxylation is 3. The Balaban J connectivity index is 1.43. The summed E-state index contributed by atoms with van der Waals surface area (Å²) in [7, 11) is 0. The lowest BCUT2D eigenvalue weighted by Gasteiger charge is -2.11. The monoisotopic (exact) mass is 619 g/mol. The Kier molecular flexibility index (Phi) is 10.8. The number of nitrogens with zero attached hydrogens (tertiary/aromatic N) is 1. The van der Waals surface area contributed by atoms with Gasteiger partial charge in [-0.2, -0.15) is 0 Å². The lowest BCUT2D eigenvalue weighted by Crippen LogP contribution is -2.10. The second-order valence-corrected chi connectivity index (χ2v) is 11.0. The number of aromatic nitrogens is 1. The number of carboxylic acid groups (broad SMARTS) is 2. The summed E-state index contributed by atoms with van der Waals surface area (Å²) in [4.78, 5) is 22.7. The Morgan fingerprint density at radius 1 is 0.909 bits per heavy atom. The van der Waals surface area contributed by atoms with Crippen LogP contribution >= 0.6 is 11.6 Å². The molecule has 2 N–H and O–H groups in total. The van der Waals surface area contributed by atoms with E-state index in [1.807, 2.05) is 74.5 Å². The fourth-order valence-corrected chi connectivity index (χ4v) is 5.59. The first kappa shape index (κ1) is 32.4. The Labute approximate surface area is 260 Å². The number of halogens is 2. The molecule has 0 amide bonds. The van der Waals surface area contributed by atoms with E-state index in [0.717, 1.165) is 22.4 Å². The van der Waals surface area contributed by atoms with Crippen LogP contribution in [-0.2, 0) is 22.6 Å². The fraction of sp³-hybridized carbons (Fsp3) is 0.257. The number of benzene rings is 3. The third kappa shape index (κ3) is 8.08. The van der Waals surface area contributed by atoms with Crippen molar-refractivity contribution in [3.8, 4) is 11.5 Å². The molecule has 7 nitrogen and oxygen atoms in total. The van der Waals surface area contributed by atoms with Gasteiger partial charge in [-0.15, -0.1) is 0 Å². The molecule has 9 heteroatoms. The summed E-state index contributed by atoms with van der Waals surface area (Å²) in [5.41, 5.74) is 5.23. The Bertz CT molecular complexity index is 1700. The van der Waals surface area contributed by atoms with E-state index in [1.165, 1.54) is 6.07 Å². The number of rotatable bonds is 14. The molecule has 0 unspecified atom stereocenters. The summed E-state index contributed by atoms with van der Waals surface area (Å²) >= 11 is 6.08. The summed E-state index contributed by atoms with van der Waals surface area (Å²) in [5.74, 6) is -0.929. The minimum Gasteiger partial charge on any atom is -0.490 e. The van der Waals surface area contributed by atoms with E-state index in [-0.39, 0.29) is 13.0 Å². The van der Waals surface area contributed by atoms with Crippen LogP contribution < -0.4 is 9.47 Å². The van der Waals surface area contributed by atoms with E-state index in [0.29, 0.717) is 64.6 Å². The fourth-order valence-electron chi connectivity index (χ4n) is 5.26. The van der Waals surface area contributed by atoms with Gasteiger partial charge < -0.3 is 24.3 Å². The van der Waals surface area contributed by atoms with Gasteiger partial charge in [0.25, 0.3) is 0 Å². The van der Waals surface area contributed by atoms with Crippen molar-refractivity contribution in [1.29, 1.82) is 0 Å². The average Bonchev–Trinajstić information content (AvgIpc) is 3.23. The van der Waals surface area contributed by atoms with E-state index in [1.54, 1.807) is 17.6 Å². The van der Waals surface area contributed by atoms with Gasteiger partial charge in [0.05, 0.1) is 5.52 Å². The SMILES string of the molecule is Cc1cc(Cl)cc(C)c1OCC=CCOc1ccc(C=Cc2ccc(F)c3c(CCCC(=O)O)c(C)n(CC(=O)O)c23)cc1. The first-order valence-electron chi connectivity index (χ1n) is 14.2. The molecule has 1 heterocycles. The van der Waals surface area contributed by atoms with Crippen molar-refractivity contribution in [3.05, 3.63) is 105 Å². The maximum Gasteiger partial charge on any atom is 0.323 e. The molecule has 0 aliphatic carbocycles. The van der Waals surface area contributed by atoms with Gasteiger partial charge in [0.1, 0.15) is 37.1 Å². The van der Waals surface area contributed by atoms with Crippen LogP contribution in [0.1, 0.15) is 46.4 Å². The average molecular weight is 620 g/mol. The molecular weight excluding hydrogens is 585 g/mol. The van der Waals surface area contributed by atoms with Crippen molar-refractivity contribution in [2.24, 2.45) is 0 Å². The minimum atomic E-state index is -1.05. The number of fused-ring (bicyclic) bond motifs is 1. The summed E-state index contributed by atoms with van der Waals surface area (Å²) in [6, 6.07) is 14.2. The van der Waals surface area contributed by atoms with E-state index in [9.17, 15) is 14.7 Å². The Morgan fingerprint density at radius 2 is 1.57 bits per heavy atom. The van der Waals surface area contributed by atoms with Gasteiger partial charge in [0, 0.05) is 22.5 Å². The van der Waals surface area contributed by atoms with Gasteiger partial charge in [-0.1, -0.05) is 35.9 Å². The van der Waals surface area contributed by atoms with Gasteiger partial charge in [-0.05, 0) is 110 Å². The molecule has 0 aliphatic rings. The molecule has 3 aromatic carbocycles. The van der Waals surface area contributed by atoms with Gasteiger partial charge >= 0.3 is 11.9 Å². The highest BCUT2D eigenvalue weighted by Crippen LogP contribution is 2.33. The zero-order valence-electron chi connectivity index (χ0n) is 24.9. The number of aliphatic carboxylic acids is 2. The Hall–Kier alpha value is -4.56. The van der Waals surface area contributed by atoms with Crippen molar-refractivity contribution in [2.45, 2.75) is 46.6 Å². The minimum absolute atomic E-state index is 0.0551. The molecule has 0 aliphatic heterocycles. The zero-order valence-corrected chi connectivity index (χ0v) is 25.7. The van der Waals surface area contributed by atoms with Crippen molar-refractivity contribution >= 4 is 46.6 Å². The maximum atomic E-state index is 15.1. The molecule has 0 saturated heterocycles. The lowest BCUT2D eigenvalue weighted by atomic mass is 10.0. The lowest BCUT2D eigenvalue weighted by molar-refractivity contribution is -0.138. The summed E-state index contributed by atoms with van der Waals surface area (Å²) in [6.45, 7) is 6.11. The van der Waals surface area contributed by atoms with Crippen LogP contribution in [0.4, 0.5) is 4.39 Å². The predicted octanol–water partition coefficient (Wildman–Crippen LogP) is 8.04. The van der Waals surface area contributed by atoms with Crippen molar-refractivity contribution in [1.82, 2.24) is 4.57 Å². The van der Waals surface area contributed by atoms with Crippen molar-refractivity contribution in [3.63, 3.8) is 0 Å². The zero-order chi connectivity index (χ0) is 31.8. The molecule has 44 heavy (non-hydrogen) atoms. The number of hydrogen-bond donors (Lipinski definition) is 2. The van der Waals surface area contributed by atoms with E-state index >= 15 is 4.39 Å². The van der Waals surface area contributed by atoms with Crippen LogP contribution in [0.5, 0.6) is 11.5 Å². The number of carbonyl (C=O) groups is 2. The number of ether oxygens (including phenoxy) is 2. The quantitative estimate of drug-likeness (QED) is 0.109. The van der Waals surface area contributed by atoms with Crippen LogP contribution in [0.25, 0.3) is 23.1 Å². The van der Waals surface area contributed by atoms with Crippen molar-refractivity contribution in [2.75, 3.05) is 13.2 Å². The van der Waals surface area contributed by atoms with Crippen LogP contribution in [0.2, 0.25) is 5.02 Å². The molecule has 0 bridgehead atoms. The summed E-state index contributed by atoms with van der Waals surface area (Å²) < 4.78 is 28.4. The standard InChI is InChI=1S/C35H35ClFNO6/c1-22-19-27(36)20-23(2)35(22)44-18-5-4-17-43-28-14-10-25(11-15-28)9-12-26-13-16-30(37)33-29(7-6-8-31(39)40)24(3)38(34(26)33)21-32(41)42/h4-5,9-16,19-20H,6-8,17-18,21H2,1-3H3,(H,39,40)(H,41,42). The highest BCUT2D eigenvalue weighted by molar-refractivity contribution is 6.30. The van der Waals surface area contributed by atoms with Crippen LogP contribution in [0.15, 0.2) is 60.7 Å². The molecule has 230 valence electrons. The number of carboxylic acids is 2. The molecule has 0 atom stereocenters. The molecule has 4 rings (SSSR count). The summed E-state index contributed by atoms with van der Waals surface area (Å²) in [6.07, 6.45) is 8.07. The predicted molar refractivity (Wildman–Crippen MR) is 171 cm³/mol. The first-order valence-corrected chi connectivity index (χ1v) is 14.6. The van der Waals surface area contributed by atoms with Gasteiger partial charge in [0.15, 0.2) is 0 Å². The molecule has 1 aromatic heterocycles. The maximum absolute atomic E-state index is 15.1. The largest absolute Gasteiger partial charge is 0.490 e. The van der Waals surface area contributed by atoms with E-state index in [2.05, 4.69) is 0 Å². The molecule has 4 aromatic rings. The van der Waals surface area contributed by atoms with Crippen LogP contribution in [-0.4, -0.2) is 39.9 Å². The van der Waals surface area contributed by atoms with E-state index in [4.69, 9.17) is 26.2 Å². The Morgan fingerprint density at radius 3 is 2.20 bits per heavy atom. The van der Waals surface area contributed by atoms with Crippen molar-refractivity contribution < 1.29 is 33.7 Å². The molecule has 0 radical (unpaired) electrons. The van der Waals surface area contributed by atoms with Crippen LogP contribution in [0.3, 0.4) is 0 Å². The molecule has 0 spiro atoms. The van der Waals surface area contributed by atoms with Gasteiger partial charge in [-0.25, -0.2) is 4.39 Å². The smallest absolute Gasteiger partial charge is 0.323 e. The van der Waals surface area contributed by atoms with Gasteiger partial charge in [-0.3, -0.25) is 9.59 Å². The highest BCUT2D eigenvalue weighted by atomic mass is 35.5. The molecule has 0 fully saturated rings. The topological polar surface area (TPSA) is 98.0 Å². The number of hydrogen-bond acceptors (Lipinski definition) is 4. The van der Waals surface area contributed by atoms with Gasteiger partial charge in [0.2, 0.25) is 0 Å². The second kappa shape index (κ2) is 14.8. The summed E-state index contributed by atoms with van der Waals surface area (Å²) in [5, 5.41) is 19.6. The van der Waals surface area contributed by atoms with E-state index < -0.39 is 17.8 Å². The normalized spacial score (nSPS) is 11.6. The molecular formula is C35H35ClFNO6.